The fourth-order valence-corrected chi connectivity index (χ4v) is 3.04. The summed E-state index contributed by atoms with van der Waals surface area (Å²) in [7, 11) is 0. The van der Waals surface area contributed by atoms with E-state index in [9.17, 15) is 14.7 Å². The number of aliphatic hydroxyl groups is 1. The molecule has 1 aromatic rings. The van der Waals surface area contributed by atoms with Crippen molar-refractivity contribution in [1.29, 1.82) is 0 Å². The molecule has 0 spiro atoms. The summed E-state index contributed by atoms with van der Waals surface area (Å²) in [5.74, 6) is 0.587. The van der Waals surface area contributed by atoms with Gasteiger partial charge in [-0.15, -0.1) is 0 Å². The van der Waals surface area contributed by atoms with Crippen LogP contribution < -0.4 is 10.1 Å². The van der Waals surface area contributed by atoms with E-state index in [4.69, 9.17) is 4.74 Å². The van der Waals surface area contributed by atoms with Gasteiger partial charge >= 0.3 is 0 Å². The number of anilines is 1. The van der Waals surface area contributed by atoms with Crippen molar-refractivity contribution in [2.75, 3.05) is 25.0 Å². The van der Waals surface area contributed by atoms with Gasteiger partial charge in [0.05, 0.1) is 18.8 Å². The van der Waals surface area contributed by atoms with Crippen LogP contribution in [0.1, 0.15) is 23.2 Å². The maximum Gasteiger partial charge on any atom is 0.262 e. The molecule has 2 aliphatic heterocycles. The lowest BCUT2D eigenvalue weighted by Crippen LogP contribution is -2.64. The maximum absolute atomic E-state index is 12.4. The van der Waals surface area contributed by atoms with E-state index in [1.54, 1.807) is 23.1 Å². The van der Waals surface area contributed by atoms with Crippen molar-refractivity contribution in [1.82, 2.24) is 4.90 Å². The molecule has 2 heterocycles. The molecule has 1 aromatic carbocycles. The van der Waals surface area contributed by atoms with E-state index in [2.05, 4.69) is 5.32 Å². The third-order valence-corrected chi connectivity index (χ3v) is 4.41. The molecular weight excluding hydrogens is 272 g/mol. The van der Waals surface area contributed by atoms with Gasteiger partial charge in [-0.1, -0.05) is 0 Å². The lowest BCUT2D eigenvalue weighted by molar-refractivity contribution is -0.118. The second-order valence-electron chi connectivity index (χ2n) is 6.09. The summed E-state index contributed by atoms with van der Waals surface area (Å²) in [6.45, 7) is 0.799. The minimum absolute atomic E-state index is 0.000832. The van der Waals surface area contributed by atoms with Gasteiger partial charge in [-0.25, -0.2) is 0 Å². The van der Waals surface area contributed by atoms with Crippen LogP contribution in [0.3, 0.4) is 0 Å². The van der Waals surface area contributed by atoms with E-state index in [0.29, 0.717) is 36.0 Å². The molecule has 6 heteroatoms. The lowest BCUT2D eigenvalue weighted by atomic mass is 9.88. The van der Waals surface area contributed by atoms with Gasteiger partial charge in [0.25, 0.3) is 11.8 Å². The van der Waals surface area contributed by atoms with E-state index < -0.39 is 5.60 Å². The average molecular weight is 288 g/mol. The Morgan fingerprint density at radius 3 is 2.86 bits per heavy atom. The van der Waals surface area contributed by atoms with E-state index in [1.807, 2.05) is 0 Å². The first-order chi connectivity index (χ1) is 10.0. The van der Waals surface area contributed by atoms with Crippen LogP contribution in [0.4, 0.5) is 5.69 Å². The second kappa shape index (κ2) is 4.21. The number of rotatable bonds is 2. The fourth-order valence-electron chi connectivity index (χ4n) is 3.04. The monoisotopic (exact) mass is 288 g/mol. The quantitative estimate of drug-likeness (QED) is 0.836. The summed E-state index contributed by atoms with van der Waals surface area (Å²) >= 11 is 0. The van der Waals surface area contributed by atoms with Crippen LogP contribution in [0.2, 0.25) is 0 Å². The molecule has 1 saturated heterocycles. The molecule has 1 aliphatic carbocycles. The Bertz CT molecular complexity index is 633. The zero-order chi connectivity index (χ0) is 14.6. The number of carbonyl (C=O) groups is 2. The summed E-state index contributed by atoms with van der Waals surface area (Å²) in [5.41, 5.74) is 0.341. The Kier molecular flexibility index (Phi) is 2.53. The number of β-amino-alcohol motifs (C(OH)–C–C–N with tert-alkyl or cyclic N) is 1. The summed E-state index contributed by atoms with van der Waals surface area (Å²) < 4.78 is 5.27. The highest BCUT2D eigenvalue weighted by molar-refractivity contribution is 6.00. The van der Waals surface area contributed by atoms with Crippen LogP contribution in [-0.4, -0.2) is 47.1 Å². The number of nitrogens with zero attached hydrogens (tertiary/aromatic N) is 1. The molecule has 2 fully saturated rings. The van der Waals surface area contributed by atoms with Gasteiger partial charge < -0.3 is 20.1 Å². The van der Waals surface area contributed by atoms with Gasteiger partial charge in [-0.3, -0.25) is 9.59 Å². The fraction of sp³-hybridized carbons (Fsp3) is 0.467. The van der Waals surface area contributed by atoms with Gasteiger partial charge in [-0.2, -0.15) is 0 Å². The van der Waals surface area contributed by atoms with Crippen LogP contribution >= 0.6 is 0 Å². The summed E-state index contributed by atoms with van der Waals surface area (Å²) in [6.07, 6.45) is 2.11. The molecule has 0 atom stereocenters. The zero-order valence-electron chi connectivity index (χ0n) is 11.5. The Balaban J connectivity index is 1.50. The van der Waals surface area contributed by atoms with Crippen molar-refractivity contribution in [3.05, 3.63) is 23.8 Å². The average Bonchev–Trinajstić information content (AvgIpc) is 3.27. The van der Waals surface area contributed by atoms with Gasteiger partial charge in [0, 0.05) is 5.56 Å². The van der Waals surface area contributed by atoms with E-state index in [0.717, 1.165) is 12.8 Å². The van der Waals surface area contributed by atoms with Crippen LogP contribution in [0.25, 0.3) is 0 Å². The predicted octanol–water partition coefficient (Wildman–Crippen LogP) is 0.614. The number of likely N-dealkylation sites (tertiary alicyclic amines) is 1. The highest BCUT2D eigenvalue weighted by atomic mass is 16.5. The minimum atomic E-state index is -0.679. The molecule has 0 aromatic heterocycles. The van der Waals surface area contributed by atoms with E-state index in [1.165, 1.54) is 0 Å². The van der Waals surface area contributed by atoms with Crippen LogP contribution in [0, 0.1) is 5.92 Å². The number of hydrogen-bond donors (Lipinski definition) is 2. The highest BCUT2D eigenvalue weighted by Gasteiger charge is 2.53. The van der Waals surface area contributed by atoms with Gasteiger partial charge in [0.2, 0.25) is 0 Å². The van der Waals surface area contributed by atoms with Crippen molar-refractivity contribution in [2.45, 2.75) is 18.4 Å². The molecular formula is C15H16N2O4. The summed E-state index contributed by atoms with van der Waals surface area (Å²) in [6, 6.07) is 5.01. The molecule has 6 nitrogen and oxygen atoms in total. The third-order valence-electron chi connectivity index (χ3n) is 4.41. The Hall–Kier alpha value is -2.08. The van der Waals surface area contributed by atoms with Crippen molar-refractivity contribution in [3.63, 3.8) is 0 Å². The van der Waals surface area contributed by atoms with Gasteiger partial charge in [0.15, 0.2) is 6.61 Å². The maximum atomic E-state index is 12.4. The molecule has 0 unspecified atom stereocenters. The first-order valence-electron chi connectivity index (χ1n) is 7.13. The summed E-state index contributed by atoms with van der Waals surface area (Å²) in [4.78, 5) is 25.3. The van der Waals surface area contributed by atoms with Crippen LogP contribution in [0.15, 0.2) is 18.2 Å². The molecule has 2 amide bonds. The first-order valence-corrected chi connectivity index (χ1v) is 7.13. The molecule has 0 radical (unpaired) electrons. The Morgan fingerprint density at radius 2 is 2.14 bits per heavy atom. The molecule has 4 rings (SSSR count). The van der Waals surface area contributed by atoms with Crippen molar-refractivity contribution < 1.29 is 19.4 Å². The largest absolute Gasteiger partial charge is 0.482 e. The molecule has 1 saturated carbocycles. The predicted molar refractivity (Wildman–Crippen MR) is 74.1 cm³/mol. The topological polar surface area (TPSA) is 78.9 Å². The molecule has 0 bridgehead atoms. The molecule has 2 N–H and O–H groups in total. The van der Waals surface area contributed by atoms with Crippen molar-refractivity contribution in [2.24, 2.45) is 5.92 Å². The number of benzene rings is 1. The highest BCUT2D eigenvalue weighted by Crippen LogP contribution is 2.44. The molecule has 110 valence electrons. The Labute approximate surface area is 121 Å². The standard InChI is InChI=1S/C15H16N2O4/c18-13-6-21-12-4-1-9(5-11(12)16-13)14(19)17-7-15(20,8-17)10-2-3-10/h1,4-5,10,20H,2-3,6-8H2,(H,16,18). The zero-order valence-corrected chi connectivity index (χ0v) is 11.5. The Morgan fingerprint density at radius 1 is 1.38 bits per heavy atom. The minimum Gasteiger partial charge on any atom is -0.482 e. The van der Waals surface area contributed by atoms with Gasteiger partial charge in [-0.05, 0) is 37.0 Å². The lowest BCUT2D eigenvalue weighted by Gasteiger charge is -2.47. The van der Waals surface area contributed by atoms with Crippen LogP contribution in [0.5, 0.6) is 5.75 Å². The number of ether oxygens (including phenoxy) is 1. The third kappa shape index (κ3) is 2.06. The smallest absolute Gasteiger partial charge is 0.262 e. The number of carbonyl (C=O) groups excluding carboxylic acids is 2. The number of fused-ring (bicyclic) bond motifs is 1. The number of amides is 2. The van der Waals surface area contributed by atoms with Crippen LogP contribution in [-0.2, 0) is 4.79 Å². The van der Waals surface area contributed by atoms with Crippen molar-refractivity contribution in [3.8, 4) is 5.75 Å². The summed E-state index contributed by atoms with van der Waals surface area (Å²) in [5, 5.41) is 13.0. The number of hydrogen-bond acceptors (Lipinski definition) is 4. The second-order valence-corrected chi connectivity index (χ2v) is 6.09. The van der Waals surface area contributed by atoms with Crippen molar-refractivity contribution >= 4 is 17.5 Å². The van der Waals surface area contributed by atoms with E-state index in [-0.39, 0.29) is 18.4 Å². The normalized spacial score (nSPS) is 22.7. The molecule has 21 heavy (non-hydrogen) atoms. The SMILES string of the molecule is O=C1COc2ccc(C(=O)N3CC(O)(C4CC4)C3)cc2N1. The first kappa shape index (κ1) is 12.6. The van der Waals surface area contributed by atoms with Gasteiger partial charge in [0.1, 0.15) is 11.4 Å². The number of nitrogens with one attached hydrogen (secondary N) is 1. The van der Waals surface area contributed by atoms with E-state index >= 15 is 0 Å². The molecule has 3 aliphatic rings.